The second-order valence-electron chi connectivity index (χ2n) is 5.84. The average Bonchev–Trinajstić information content (AvgIpc) is 3.39. The molecule has 0 aliphatic carbocycles. The van der Waals surface area contributed by atoms with Crippen molar-refractivity contribution in [3.63, 3.8) is 0 Å². The first-order valence-electron chi connectivity index (χ1n) is 8.08. The number of carbonyl (C=O) groups excluding carboxylic acids is 2. The standard InChI is InChI=1S/C19H17FN2O4S/c20-15-5-3-13(4-6-15)10-21-17(23)18(24)22-12-19(25,14-7-8-26-11-14)16-2-1-9-27-16/h1-9,11,25H,10,12H2,(H,21,23)(H,22,24)/t19-/m1/s1. The SMILES string of the molecule is O=C(NCc1ccc(F)cc1)C(=O)NC[C@@](O)(c1ccoc1)c1cccs1. The highest BCUT2D eigenvalue weighted by Gasteiger charge is 2.34. The molecule has 3 N–H and O–H groups in total. The van der Waals surface area contributed by atoms with E-state index >= 15 is 0 Å². The lowest BCUT2D eigenvalue weighted by Gasteiger charge is -2.26. The van der Waals surface area contributed by atoms with E-state index in [1.54, 1.807) is 23.6 Å². The summed E-state index contributed by atoms with van der Waals surface area (Å²) < 4.78 is 17.9. The molecule has 2 heterocycles. The fourth-order valence-corrected chi connectivity index (χ4v) is 3.34. The fourth-order valence-electron chi connectivity index (χ4n) is 2.50. The Kier molecular flexibility index (Phi) is 5.68. The minimum atomic E-state index is -1.51. The van der Waals surface area contributed by atoms with Gasteiger partial charge in [-0.05, 0) is 35.2 Å². The third kappa shape index (κ3) is 4.42. The van der Waals surface area contributed by atoms with E-state index in [2.05, 4.69) is 10.6 Å². The number of thiophene rings is 1. The van der Waals surface area contributed by atoms with Gasteiger partial charge in [0.15, 0.2) is 0 Å². The molecule has 27 heavy (non-hydrogen) atoms. The molecule has 3 aromatic rings. The highest BCUT2D eigenvalue weighted by molar-refractivity contribution is 7.10. The van der Waals surface area contributed by atoms with Crippen LogP contribution in [0.1, 0.15) is 16.0 Å². The Hall–Kier alpha value is -2.97. The highest BCUT2D eigenvalue weighted by Crippen LogP contribution is 2.32. The van der Waals surface area contributed by atoms with Crippen LogP contribution in [0.15, 0.2) is 64.8 Å². The molecule has 0 unspecified atom stereocenters. The van der Waals surface area contributed by atoms with Crippen molar-refractivity contribution >= 4 is 23.2 Å². The Labute approximate surface area is 158 Å². The smallest absolute Gasteiger partial charge is 0.309 e. The molecule has 0 spiro atoms. The maximum atomic E-state index is 12.9. The van der Waals surface area contributed by atoms with Crippen molar-refractivity contribution in [2.45, 2.75) is 12.1 Å². The first kappa shape index (κ1) is 18.8. The van der Waals surface area contributed by atoms with Gasteiger partial charge in [0.25, 0.3) is 0 Å². The van der Waals surface area contributed by atoms with E-state index in [0.717, 1.165) is 0 Å². The molecule has 0 bridgehead atoms. The summed E-state index contributed by atoms with van der Waals surface area (Å²) in [5.41, 5.74) is -0.378. The number of rotatable bonds is 6. The van der Waals surface area contributed by atoms with Gasteiger partial charge >= 0.3 is 11.8 Å². The minimum Gasteiger partial charge on any atom is -0.472 e. The Morgan fingerprint density at radius 1 is 1.11 bits per heavy atom. The largest absolute Gasteiger partial charge is 0.472 e. The summed E-state index contributed by atoms with van der Waals surface area (Å²) in [4.78, 5) is 24.7. The Morgan fingerprint density at radius 2 is 1.85 bits per heavy atom. The lowest BCUT2D eigenvalue weighted by molar-refractivity contribution is -0.139. The van der Waals surface area contributed by atoms with Crippen LogP contribution in [0, 0.1) is 5.82 Å². The van der Waals surface area contributed by atoms with Crippen LogP contribution < -0.4 is 10.6 Å². The van der Waals surface area contributed by atoms with Crippen molar-refractivity contribution in [2.24, 2.45) is 0 Å². The minimum absolute atomic E-state index is 0.0868. The van der Waals surface area contributed by atoms with E-state index in [0.29, 0.717) is 16.0 Å². The van der Waals surface area contributed by atoms with Crippen molar-refractivity contribution in [2.75, 3.05) is 6.54 Å². The quantitative estimate of drug-likeness (QED) is 0.564. The molecular weight excluding hydrogens is 371 g/mol. The molecule has 1 aromatic carbocycles. The first-order valence-corrected chi connectivity index (χ1v) is 8.96. The van der Waals surface area contributed by atoms with Crippen LogP contribution >= 0.6 is 11.3 Å². The van der Waals surface area contributed by atoms with Crippen LogP contribution in [0.3, 0.4) is 0 Å². The second kappa shape index (κ2) is 8.15. The Balaban J connectivity index is 1.61. The summed E-state index contributed by atoms with van der Waals surface area (Å²) in [6.07, 6.45) is 2.81. The summed E-state index contributed by atoms with van der Waals surface area (Å²) in [6, 6.07) is 10.7. The third-order valence-electron chi connectivity index (χ3n) is 4.00. The maximum Gasteiger partial charge on any atom is 0.309 e. The predicted octanol–water partition coefficient (Wildman–Crippen LogP) is 2.15. The summed E-state index contributed by atoms with van der Waals surface area (Å²) in [5.74, 6) is -2.11. The molecule has 6 nitrogen and oxygen atoms in total. The second-order valence-corrected chi connectivity index (χ2v) is 6.79. The molecule has 8 heteroatoms. The van der Waals surface area contributed by atoms with Crippen molar-refractivity contribution < 1.29 is 23.5 Å². The maximum absolute atomic E-state index is 12.9. The average molecular weight is 388 g/mol. The van der Waals surface area contributed by atoms with Crippen LogP contribution in [0.4, 0.5) is 4.39 Å². The van der Waals surface area contributed by atoms with Gasteiger partial charge in [0.2, 0.25) is 0 Å². The zero-order valence-electron chi connectivity index (χ0n) is 14.1. The summed E-state index contributed by atoms with van der Waals surface area (Å²) in [7, 11) is 0. The Morgan fingerprint density at radius 3 is 2.48 bits per heavy atom. The van der Waals surface area contributed by atoms with Crippen LogP contribution in [0.25, 0.3) is 0 Å². The highest BCUT2D eigenvalue weighted by atomic mass is 32.1. The first-order chi connectivity index (χ1) is 13.0. The molecule has 0 aliphatic rings. The van der Waals surface area contributed by atoms with Gasteiger partial charge in [-0.3, -0.25) is 9.59 Å². The number of furan rings is 1. The lowest BCUT2D eigenvalue weighted by Crippen LogP contribution is -2.46. The fraction of sp³-hybridized carbons (Fsp3) is 0.158. The van der Waals surface area contributed by atoms with E-state index in [1.807, 2.05) is 0 Å². The van der Waals surface area contributed by atoms with Gasteiger partial charge in [0.1, 0.15) is 11.4 Å². The molecule has 1 atom stereocenters. The Bertz CT molecular complexity index is 858. The zero-order valence-corrected chi connectivity index (χ0v) is 15.0. The molecule has 140 valence electrons. The number of hydrogen-bond acceptors (Lipinski definition) is 5. The number of halogens is 1. The van der Waals surface area contributed by atoms with Gasteiger partial charge in [-0.25, -0.2) is 4.39 Å². The summed E-state index contributed by atoms with van der Waals surface area (Å²) >= 11 is 1.32. The van der Waals surface area contributed by atoms with Crippen LogP contribution in [-0.2, 0) is 21.7 Å². The van der Waals surface area contributed by atoms with Gasteiger partial charge < -0.3 is 20.2 Å². The number of aliphatic hydroxyl groups is 1. The molecule has 0 radical (unpaired) electrons. The molecule has 2 aromatic heterocycles. The summed E-state index contributed by atoms with van der Waals surface area (Å²) in [5, 5.41) is 17.8. The van der Waals surface area contributed by atoms with Crippen molar-refractivity contribution in [3.8, 4) is 0 Å². The molecule has 0 saturated carbocycles. The normalized spacial score (nSPS) is 13.0. The van der Waals surface area contributed by atoms with Gasteiger partial charge in [-0.2, -0.15) is 0 Å². The number of hydrogen-bond donors (Lipinski definition) is 3. The molecule has 0 aliphatic heterocycles. The molecular formula is C19H17FN2O4S. The number of carbonyl (C=O) groups is 2. The molecule has 2 amide bonds. The van der Waals surface area contributed by atoms with Crippen molar-refractivity contribution in [1.29, 1.82) is 0 Å². The third-order valence-corrected chi connectivity index (χ3v) is 5.03. The van der Waals surface area contributed by atoms with Gasteiger partial charge in [-0.1, -0.05) is 18.2 Å². The monoisotopic (exact) mass is 388 g/mol. The molecule has 0 fully saturated rings. The topological polar surface area (TPSA) is 91.6 Å². The van der Waals surface area contributed by atoms with E-state index in [4.69, 9.17) is 4.42 Å². The number of benzene rings is 1. The van der Waals surface area contributed by atoms with Gasteiger partial charge in [0.05, 0.1) is 19.1 Å². The number of nitrogens with one attached hydrogen (secondary N) is 2. The van der Waals surface area contributed by atoms with Crippen LogP contribution in [0.2, 0.25) is 0 Å². The van der Waals surface area contributed by atoms with Crippen LogP contribution in [0.5, 0.6) is 0 Å². The lowest BCUT2D eigenvalue weighted by atomic mass is 9.94. The predicted molar refractivity (Wildman–Crippen MR) is 97.3 cm³/mol. The summed E-state index contributed by atoms with van der Waals surface area (Å²) in [6.45, 7) is -0.112. The zero-order chi connectivity index (χ0) is 19.3. The van der Waals surface area contributed by atoms with E-state index < -0.39 is 17.4 Å². The van der Waals surface area contributed by atoms with Crippen molar-refractivity contribution in [3.05, 3.63) is 82.2 Å². The number of amides is 2. The molecule has 0 saturated heterocycles. The van der Waals surface area contributed by atoms with Gasteiger partial charge in [0, 0.05) is 17.0 Å². The van der Waals surface area contributed by atoms with E-state index in [-0.39, 0.29) is 18.9 Å². The van der Waals surface area contributed by atoms with Crippen LogP contribution in [-0.4, -0.2) is 23.5 Å². The van der Waals surface area contributed by atoms with Gasteiger partial charge in [-0.15, -0.1) is 11.3 Å². The molecule has 3 rings (SSSR count). The van der Waals surface area contributed by atoms with E-state index in [1.165, 1.54) is 48.1 Å². The van der Waals surface area contributed by atoms with E-state index in [9.17, 15) is 19.1 Å². The van der Waals surface area contributed by atoms with Crippen molar-refractivity contribution in [1.82, 2.24) is 10.6 Å².